The fraction of sp³-hybridized carbons (Fsp3) is 0.429. The molecule has 0 aliphatic heterocycles. The first-order valence-corrected chi connectivity index (χ1v) is 6.93. The normalized spacial score (nSPS) is 10.3. The van der Waals surface area contributed by atoms with Crippen molar-refractivity contribution in [2.75, 3.05) is 0 Å². The summed E-state index contributed by atoms with van der Waals surface area (Å²) in [4.78, 5) is 11.9. The van der Waals surface area contributed by atoms with Crippen LogP contribution in [0.25, 0.3) is 0 Å². The van der Waals surface area contributed by atoms with E-state index in [-0.39, 0.29) is 18.1 Å². The van der Waals surface area contributed by atoms with Gasteiger partial charge in [-0.2, -0.15) is 0 Å². The highest BCUT2D eigenvalue weighted by Gasteiger charge is 2.06. The SMILES string of the molecule is CC(C)NC(=S)NNC(=O)c1ccc(OC(C)C)cc1. The molecule has 0 spiro atoms. The number of amides is 1. The van der Waals surface area contributed by atoms with E-state index >= 15 is 0 Å². The molecule has 6 heteroatoms. The third-order valence-corrected chi connectivity index (χ3v) is 2.42. The van der Waals surface area contributed by atoms with Crippen molar-refractivity contribution in [2.24, 2.45) is 0 Å². The number of carbonyl (C=O) groups excluding carboxylic acids is 1. The Balaban J connectivity index is 2.49. The Kier molecular flexibility index (Phi) is 6.24. The second-order valence-corrected chi connectivity index (χ2v) is 5.31. The van der Waals surface area contributed by atoms with E-state index in [2.05, 4.69) is 16.2 Å². The molecule has 0 heterocycles. The molecule has 0 saturated heterocycles. The van der Waals surface area contributed by atoms with Crippen LogP contribution in [0.1, 0.15) is 38.1 Å². The summed E-state index contributed by atoms with van der Waals surface area (Å²) in [7, 11) is 0. The topological polar surface area (TPSA) is 62.4 Å². The third kappa shape index (κ3) is 5.88. The van der Waals surface area contributed by atoms with Crippen molar-refractivity contribution in [3.05, 3.63) is 29.8 Å². The molecule has 110 valence electrons. The van der Waals surface area contributed by atoms with Gasteiger partial charge in [0.15, 0.2) is 5.11 Å². The summed E-state index contributed by atoms with van der Waals surface area (Å²) in [5.74, 6) is 0.482. The molecule has 0 aliphatic rings. The van der Waals surface area contributed by atoms with Gasteiger partial charge in [-0.05, 0) is 64.2 Å². The highest BCUT2D eigenvalue weighted by atomic mass is 32.1. The van der Waals surface area contributed by atoms with Gasteiger partial charge >= 0.3 is 0 Å². The Bertz CT molecular complexity index is 458. The van der Waals surface area contributed by atoms with Crippen LogP contribution < -0.4 is 20.9 Å². The Morgan fingerprint density at radius 3 is 2.20 bits per heavy atom. The van der Waals surface area contributed by atoms with Crippen LogP contribution in [0, 0.1) is 0 Å². The summed E-state index contributed by atoms with van der Waals surface area (Å²) in [6.07, 6.45) is 0.107. The number of nitrogens with one attached hydrogen (secondary N) is 3. The van der Waals surface area contributed by atoms with Crippen molar-refractivity contribution in [1.29, 1.82) is 0 Å². The molecule has 20 heavy (non-hydrogen) atoms. The molecule has 3 N–H and O–H groups in total. The number of hydrogen-bond acceptors (Lipinski definition) is 3. The maximum Gasteiger partial charge on any atom is 0.269 e. The van der Waals surface area contributed by atoms with Crippen molar-refractivity contribution in [3.63, 3.8) is 0 Å². The van der Waals surface area contributed by atoms with E-state index in [1.54, 1.807) is 24.3 Å². The second-order valence-electron chi connectivity index (χ2n) is 4.90. The number of carbonyl (C=O) groups is 1. The van der Waals surface area contributed by atoms with Crippen LogP contribution in [0.4, 0.5) is 0 Å². The molecule has 1 rings (SSSR count). The molecule has 0 saturated carbocycles. The number of benzene rings is 1. The number of hydrogen-bond donors (Lipinski definition) is 3. The first kappa shape index (κ1) is 16.2. The highest BCUT2D eigenvalue weighted by molar-refractivity contribution is 7.80. The van der Waals surface area contributed by atoms with Crippen LogP contribution in [0.5, 0.6) is 5.75 Å². The van der Waals surface area contributed by atoms with E-state index in [0.717, 1.165) is 5.75 Å². The van der Waals surface area contributed by atoms with Gasteiger partial charge in [-0.1, -0.05) is 0 Å². The average Bonchev–Trinajstić information content (AvgIpc) is 2.35. The predicted octanol–water partition coefficient (Wildman–Crippen LogP) is 1.99. The zero-order valence-electron chi connectivity index (χ0n) is 12.2. The largest absolute Gasteiger partial charge is 0.491 e. The van der Waals surface area contributed by atoms with E-state index in [9.17, 15) is 4.79 Å². The first-order chi connectivity index (χ1) is 9.38. The molecule has 5 nitrogen and oxygen atoms in total. The number of ether oxygens (including phenoxy) is 1. The minimum Gasteiger partial charge on any atom is -0.491 e. The average molecular weight is 295 g/mol. The van der Waals surface area contributed by atoms with Gasteiger partial charge < -0.3 is 10.1 Å². The summed E-state index contributed by atoms with van der Waals surface area (Å²) >= 11 is 5.01. The smallest absolute Gasteiger partial charge is 0.269 e. The zero-order valence-corrected chi connectivity index (χ0v) is 13.0. The van der Waals surface area contributed by atoms with Crippen LogP contribution in [0.2, 0.25) is 0 Å². The fourth-order valence-corrected chi connectivity index (χ4v) is 1.73. The fourth-order valence-electron chi connectivity index (χ4n) is 1.44. The number of hydrazine groups is 1. The molecule has 1 aromatic carbocycles. The maximum atomic E-state index is 11.9. The van der Waals surface area contributed by atoms with Crippen molar-refractivity contribution in [1.82, 2.24) is 16.2 Å². The highest BCUT2D eigenvalue weighted by Crippen LogP contribution is 2.13. The lowest BCUT2D eigenvalue weighted by molar-refractivity contribution is 0.0943. The molecule has 0 atom stereocenters. The minimum absolute atomic E-state index is 0.107. The zero-order chi connectivity index (χ0) is 15.1. The lowest BCUT2D eigenvalue weighted by Gasteiger charge is -2.14. The predicted molar refractivity (Wildman–Crippen MR) is 83.7 cm³/mol. The van der Waals surface area contributed by atoms with Gasteiger partial charge in [-0.3, -0.25) is 15.6 Å². The molecule has 1 amide bonds. The van der Waals surface area contributed by atoms with Crippen molar-refractivity contribution in [3.8, 4) is 5.75 Å². The molecule has 0 aliphatic carbocycles. The molecule has 0 fully saturated rings. The summed E-state index contributed by atoms with van der Waals surface area (Å²) in [6.45, 7) is 7.83. The minimum atomic E-state index is -0.256. The Hall–Kier alpha value is -1.82. The maximum absolute atomic E-state index is 11.9. The molecular formula is C14H21N3O2S. The van der Waals surface area contributed by atoms with E-state index in [1.807, 2.05) is 27.7 Å². The van der Waals surface area contributed by atoms with Crippen LogP contribution in [-0.2, 0) is 0 Å². The van der Waals surface area contributed by atoms with Crippen molar-refractivity contribution >= 4 is 23.2 Å². The van der Waals surface area contributed by atoms with Crippen LogP contribution in [0.3, 0.4) is 0 Å². The van der Waals surface area contributed by atoms with Gasteiger partial charge in [0.2, 0.25) is 0 Å². The number of thiocarbonyl (C=S) groups is 1. The third-order valence-electron chi connectivity index (χ3n) is 2.20. The van der Waals surface area contributed by atoms with Crippen LogP contribution >= 0.6 is 12.2 Å². The van der Waals surface area contributed by atoms with E-state index in [1.165, 1.54) is 0 Å². The Morgan fingerprint density at radius 2 is 1.70 bits per heavy atom. The van der Waals surface area contributed by atoms with Crippen molar-refractivity contribution < 1.29 is 9.53 Å². The lowest BCUT2D eigenvalue weighted by atomic mass is 10.2. The van der Waals surface area contributed by atoms with E-state index in [4.69, 9.17) is 17.0 Å². The lowest BCUT2D eigenvalue weighted by Crippen LogP contribution is -2.48. The van der Waals surface area contributed by atoms with Crippen LogP contribution in [0.15, 0.2) is 24.3 Å². The molecule has 0 radical (unpaired) electrons. The van der Waals surface area contributed by atoms with Gasteiger partial charge in [-0.15, -0.1) is 0 Å². The number of rotatable bonds is 4. The Morgan fingerprint density at radius 1 is 1.10 bits per heavy atom. The Labute approximate surface area is 125 Å². The molecule has 0 bridgehead atoms. The van der Waals surface area contributed by atoms with Gasteiger partial charge in [0.1, 0.15) is 5.75 Å². The quantitative estimate of drug-likeness (QED) is 0.586. The summed E-state index contributed by atoms with van der Waals surface area (Å²) < 4.78 is 5.51. The van der Waals surface area contributed by atoms with Gasteiger partial charge in [-0.25, -0.2) is 0 Å². The van der Waals surface area contributed by atoms with Crippen molar-refractivity contribution in [2.45, 2.75) is 39.8 Å². The first-order valence-electron chi connectivity index (χ1n) is 6.52. The van der Waals surface area contributed by atoms with Crippen LogP contribution in [-0.4, -0.2) is 23.2 Å². The molecule has 1 aromatic rings. The summed E-state index contributed by atoms with van der Waals surface area (Å²) in [5, 5.41) is 3.35. The van der Waals surface area contributed by atoms with Gasteiger partial charge in [0, 0.05) is 11.6 Å². The van der Waals surface area contributed by atoms with Gasteiger partial charge in [0.25, 0.3) is 5.91 Å². The van der Waals surface area contributed by atoms with E-state index < -0.39 is 0 Å². The second kappa shape index (κ2) is 7.69. The summed E-state index contributed by atoms with van der Waals surface area (Å²) in [5.41, 5.74) is 5.71. The molecular weight excluding hydrogens is 274 g/mol. The monoisotopic (exact) mass is 295 g/mol. The van der Waals surface area contributed by atoms with E-state index in [0.29, 0.717) is 10.7 Å². The standard InChI is InChI=1S/C14H21N3O2S/c1-9(2)15-14(20)17-16-13(18)11-5-7-12(8-6-11)19-10(3)4/h5-10H,1-4H3,(H,16,18)(H2,15,17,20). The van der Waals surface area contributed by atoms with Gasteiger partial charge in [0.05, 0.1) is 6.10 Å². The molecule has 0 unspecified atom stereocenters. The molecule has 0 aromatic heterocycles. The summed E-state index contributed by atoms with van der Waals surface area (Å²) in [6, 6.07) is 7.14.